The van der Waals surface area contributed by atoms with Crippen LogP contribution in [0.5, 0.6) is 0 Å². The molecule has 2 amide bonds. The van der Waals surface area contributed by atoms with E-state index in [1.807, 2.05) is 59.3 Å². The van der Waals surface area contributed by atoms with Crippen LogP contribution in [-0.4, -0.2) is 40.0 Å². The number of carbonyl (C=O) groups is 2. The van der Waals surface area contributed by atoms with Crippen molar-refractivity contribution in [3.05, 3.63) is 60.6 Å². The highest BCUT2D eigenvalue weighted by Crippen LogP contribution is 2.34. The molecule has 1 N–H and O–H groups in total. The molecule has 26 heavy (non-hydrogen) atoms. The van der Waals surface area contributed by atoms with Gasteiger partial charge in [0.2, 0.25) is 11.8 Å². The van der Waals surface area contributed by atoms with Crippen molar-refractivity contribution in [2.24, 2.45) is 0 Å². The summed E-state index contributed by atoms with van der Waals surface area (Å²) in [5.74, 6) is 0.166. The Labute approximate surface area is 155 Å². The van der Waals surface area contributed by atoms with Gasteiger partial charge in [-0.25, -0.2) is 4.98 Å². The molecular weight excluding hydrogens is 348 g/mol. The van der Waals surface area contributed by atoms with Crippen LogP contribution in [0.15, 0.2) is 59.8 Å². The Balaban J connectivity index is 1.35. The average molecular weight is 366 g/mol. The van der Waals surface area contributed by atoms with E-state index in [0.29, 0.717) is 18.7 Å². The average Bonchev–Trinajstić information content (AvgIpc) is 3.07. The normalized spacial score (nSPS) is 13.7. The van der Waals surface area contributed by atoms with E-state index in [2.05, 4.69) is 10.3 Å². The lowest BCUT2D eigenvalue weighted by molar-refractivity contribution is -0.122. The third-order valence-electron chi connectivity index (χ3n) is 4.23. The lowest BCUT2D eigenvalue weighted by atomic mass is 10.2. The van der Waals surface area contributed by atoms with Crippen LogP contribution in [0.2, 0.25) is 0 Å². The topological polar surface area (TPSA) is 66.7 Å². The van der Waals surface area contributed by atoms with E-state index in [4.69, 9.17) is 0 Å². The molecule has 3 heterocycles. The molecule has 3 aromatic rings. The molecule has 0 atom stereocenters. The molecule has 0 unspecified atom stereocenters. The first-order valence-electron chi connectivity index (χ1n) is 8.42. The lowest BCUT2D eigenvalue weighted by Gasteiger charge is -2.28. The SMILES string of the molecule is O=C(CN1C(=O)CSc2ccccc21)NCCc1cn2ccccc2n1. The van der Waals surface area contributed by atoms with Gasteiger partial charge in [-0.15, -0.1) is 11.8 Å². The maximum Gasteiger partial charge on any atom is 0.240 e. The van der Waals surface area contributed by atoms with Crippen LogP contribution < -0.4 is 10.2 Å². The Bertz CT molecular complexity index is 936. The molecule has 4 rings (SSSR count). The summed E-state index contributed by atoms with van der Waals surface area (Å²) >= 11 is 1.51. The fourth-order valence-electron chi connectivity index (χ4n) is 2.96. The van der Waals surface area contributed by atoms with E-state index in [1.54, 1.807) is 4.90 Å². The number of anilines is 1. The number of nitrogens with one attached hydrogen (secondary N) is 1. The van der Waals surface area contributed by atoms with Gasteiger partial charge in [0.1, 0.15) is 12.2 Å². The van der Waals surface area contributed by atoms with Gasteiger partial charge in [0.25, 0.3) is 0 Å². The molecular formula is C19H18N4O2S. The Morgan fingerprint density at radius 3 is 2.92 bits per heavy atom. The molecule has 0 radical (unpaired) electrons. The summed E-state index contributed by atoms with van der Waals surface area (Å²) in [5.41, 5.74) is 2.62. The van der Waals surface area contributed by atoms with Crippen molar-refractivity contribution in [1.82, 2.24) is 14.7 Å². The van der Waals surface area contributed by atoms with Crippen LogP contribution in [0, 0.1) is 0 Å². The quantitative estimate of drug-likeness (QED) is 0.751. The van der Waals surface area contributed by atoms with Gasteiger partial charge in [-0.3, -0.25) is 9.59 Å². The Morgan fingerprint density at radius 1 is 1.19 bits per heavy atom. The monoisotopic (exact) mass is 366 g/mol. The first-order valence-corrected chi connectivity index (χ1v) is 9.41. The molecule has 0 bridgehead atoms. The van der Waals surface area contributed by atoms with Gasteiger partial charge in [-0.1, -0.05) is 18.2 Å². The number of nitrogens with zero attached hydrogens (tertiary/aromatic N) is 3. The van der Waals surface area contributed by atoms with Crippen LogP contribution in [0.3, 0.4) is 0 Å². The molecule has 132 valence electrons. The van der Waals surface area contributed by atoms with Gasteiger partial charge >= 0.3 is 0 Å². The third kappa shape index (κ3) is 3.43. The molecule has 1 aromatic carbocycles. The second-order valence-corrected chi connectivity index (χ2v) is 7.05. The molecule has 0 fully saturated rings. The number of hydrogen-bond acceptors (Lipinski definition) is 4. The van der Waals surface area contributed by atoms with Gasteiger partial charge in [0.15, 0.2) is 0 Å². The molecule has 0 saturated carbocycles. The maximum absolute atomic E-state index is 12.3. The largest absolute Gasteiger partial charge is 0.354 e. The maximum atomic E-state index is 12.3. The summed E-state index contributed by atoms with van der Waals surface area (Å²) < 4.78 is 1.96. The number of pyridine rings is 1. The number of benzene rings is 1. The minimum atomic E-state index is -0.163. The molecule has 1 aliphatic heterocycles. The van der Waals surface area contributed by atoms with Crippen molar-refractivity contribution in [1.29, 1.82) is 0 Å². The van der Waals surface area contributed by atoms with E-state index in [1.165, 1.54) is 11.8 Å². The molecule has 0 spiro atoms. The molecule has 0 saturated heterocycles. The minimum Gasteiger partial charge on any atom is -0.354 e. The predicted octanol–water partition coefficient (Wildman–Crippen LogP) is 2.13. The number of rotatable bonds is 5. The van der Waals surface area contributed by atoms with E-state index < -0.39 is 0 Å². The van der Waals surface area contributed by atoms with Gasteiger partial charge in [-0.05, 0) is 24.3 Å². The highest BCUT2D eigenvalue weighted by atomic mass is 32.2. The van der Waals surface area contributed by atoms with Gasteiger partial charge in [0, 0.05) is 30.3 Å². The van der Waals surface area contributed by atoms with E-state index >= 15 is 0 Å². The van der Waals surface area contributed by atoms with Crippen molar-refractivity contribution in [3.8, 4) is 0 Å². The summed E-state index contributed by atoms with van der Waals surface area (Å²) in [6, 6.07) is 13.5. The predicted molar refractivity (Wildman–Crippen MR) is 101 cm³/mol. The number of amides is 2. The van der Waals surface area contributed by atoms with Crippen molar-refractivity contribution in [2.45, 2.75) is 11.3 Å². The van der Waals surface area contributed by atoms with Crippen molar-refractivity contribution in [3.63, 3.8) is 0 Å². The van der Waals surface area contributed by atoms with Gasteiger partial charge < -0.3 is 14.6 Å². The molecule has 1 aliphatic rings. The first-order chi connectivity index (χ1) is 12.7. The number of fused-ring (bicyclic) bond motifs is 2. The standard InChI is InChI=1S/C19H18N4O2S/c24-18(12-23-15-5-1-2-6-16(15)26-13-19(23)25)20-9-8-14-11-22-10-4-3-7-17(22)21-14/h1-7,10-11H,8-9,12-13H2,(H,20,24). The fraction of sp³-hybridized carbons (Fsp3) is 0.211. The zero-order valence-corrected chi connectivity index (χ0v) is 14.9. The smallest absolute Gasteiger partial charge is 0.240 e. The number of hydrogen-bond donors (Lipinski definition) is 1. The number of carbonyl (C=O) groups excluding carboxylic acids is 2. The Hall–Kier alpha value is -2.80. The fourth-order valence-corrected chi connectivity index (χ4v) is 3.90. The van der Waals surface area contributed by atoms with E-state index in [-0.39, 0.29) is 18.4 Å². The van der Waals surface area contributed by atoms with Crippen LogP contribution >= 0.6 is 11.8 Å². The zero-order valence-electron chi connectivity index (χ0n) is 14.1. The summed E-state index contributed by atoms with van der Waals surface area (Å²) in [4.78, 5) is 31.6. The van der Waals surface area contributed by atoms with E-state index in [0.717, 1.165) is 21.9 Å². The van der Waals surface area contributed by atoms with E-state index in [9.17, 15) is 9.59 Å². The second kappa shape index (κ2) is 7.21. The molecule has 7 heteroatoms. The lowest BCUT2D eigenvalue weighted by Crippen LogP contribution is -2.43. The third-order valence-corrected chi connectivity index (χ3v) is 5.27. The number of para-hydroxylation sites is 1. The van der Waals surface area contributed by atoms with Crippen molar-refractivity contribution < 1.29 is 9.59 Å². The molecule has 2 aromatic heterocycles. The summed E-state index contributed by atoms with van der Waals surface area (Å²) in [5, 5.41) is 2.89. The van der Waals surface area contributed by atoms with Crippen LogP contribution in [0.4, 0.5) is 5.69 Å². The summed E-state index contributed by atoms with van der Waals surface area (Å²) in [6.07, 6.45) is 4.55. The number of thioether (sulfide) groups is 1. The van der Waals surface area contributed by atoms with Crippen LogP contribution in [0.25, 0.3) is 5.65 Å². The highest BCUT2D eigenvalue weighted by molar-refractivity contribution is 8.00. The number of imidazole rings is 1. The van der Waals surface area contributed by atoms with Gasteiger partial charge in [-0.2, -0.15) is 0 Å². The second-order valence-electron chi connectivity index (χ2n) is 6.03. The van der Waals surface area contributed by atoms with Gasteiger partial charge in [0.05, 0.1) is 17.1 Å². The van der Waals surface area contributed by atoms with Crippen molar-refractivity contribution in [2.75, 3.05) is 23.7 Å². The zero-order chi connectivity index (χ0) is 17.9. The first kappa shape index (κ1) is 16.7. The summed E-state index contributed by atoms with van der Waals surface area (Å²) in [6.45, 7) is 0.530. The Morgan fingerprint density at radius 2 is 2.04 bits per heavy atom. The molecule has 6 nitrogen and oxygen atoms in total. The highest BCUT2D eigenvalue weighted by Gasteiger charge is 2.25. The van der Waals surface area contributed by atoms with Crippen LogP contribution in [0.1, 0.15) is 5.69 Å². The molecule has 0 aliphatic carbocycles. The van der Waals surface area contributed by atoms with Crippen LogP contribution in [-0.2, 0) is 16.0 Å². The summed E-state index contributed by atoms with van der Waals surface area (Å²) in [7, 11) is 0. The van der Waals surface area contributed by atoms with Crippen molar-refractivity contribution >= 4 is 34.9 Å². The number of aromatic nitrogens is 2. The minimum absolute atomic E-state index is 0.0378. The Kier molecular flexibility index (Phi) is 4.62.